The number of anilines is 1. The molecular formula is C19H23N5O2. The highest BCUT2D eigenvalue weighted by molar-refractivity contribution is 6.04. The maximum atomic E-state index is 11.7. The van der Waals surface area contributed by atoms with Crippen molar-refractivity contribution < 1.29 is 9.53 Å². The van der Waals surface area contributed by atoms with E-state index in [-0.39, 0.29) is 0 Å². The highest BCUT2D eigenvalue weighted by atomic mass is 16.5. The molecule has 0 aliphatic carbocycles. The van der Waals surface area contributed by atoms with E-state index in [1.807, 2.05) is 39.2 Å². The number of hydrogen-bond donors (Lipinski definition) is 2. The molecule has 0 unspecified atom stereocenters. The van der Waals surface area contributed by atoms with Crippen molar-refractivity contribution in [3.8, 4) is 17.3 Å². The number of nitrogens with zero attached hydrogens (tertiary/aromatic N) is 3. The number of carbonyl (C=O) groups is 1. The molecule has 26 heavy (non-hydrogen) atoms. The second-order valence-electron chi connectivity index (χ2n) is 6.40. The van der Waals surface area contributed by atoms with E-state index in [0.29, 0.717) is 22.8 Å². The Kier molecular flexibility index (Phi) is 5.18. The van der Waals surface area contributed by atoms with Crippen molar-refractivity contribution in [1.29, 1.82) is 0 Å². The van der Waals surface area contributed by atoms with E-state index >= 15 is 0 Å². The molecule has 2 N–H and O–H groups in total. The van der Waals surface area contributed by atoms with Crippen molar-refractivity contribution in [2.45, 2.75) is 6.92 Å². The predicted molar refractivity (Wildman–Crippen MR) is 103 cm³/mol. The molecule has 3 aromatic rings. The average Bonchev–Trinajstić information content (AvgIpc) is 3.00. The van der Waals surface area contributed by atoms with Crippen LogP contribution >= 0.6 is 0 Å². The van der Waals surface area contributed by atoms with Crippen LogP contribution in [-0.2, 0) is 0 Å². The van der Waals surface area contributed by atoms with Gasteiger partial charge in [0.15, 0.2) is 12.1 Å². The van der Waals surface area contributed by atoms with Crippen LogP contribution in [0.4, 0.5) is 5.82 Å². The summed E-state index contributed by atoms with van der Waals surface area (Å²) in [6, 6.07) is 5.57. The number of H-pyrrole nitrogens is 1. The number of benzene rings is 1. The Labute approximate surface area is 152 Å². The molecule has 1 aromatic carbocycles. The van der Waals surface area contributed by atoms with E-state index in [1.54, 1.807) is 13.3 Å². The van der Waals surface area contributed by atoms with Crippen molar-refractivity contribution in [2.75, 3.05) is 39.6 Å². The maximum absolute atomic E-state index is 11.7. The largest absolute Gasteiger partial charge is 0.497 e. The Hall–Kier alpha value is -2.93. The molecule has 2 heterocycles. The Morgan fingerprint density at radius 1 is 1.35 bits per heavy atom. The standard InChI is InChI=1S/C19H23N5O2/c1-12-10-21-19(23-18(12)20-7-8-24(2)3)17-15(11-25)14-9-13(26-4)5-6-16(14)22-17/h5-6,9-11,22H,7-8H2,1-4H3,(H,20,21,23). The lowest BCUT2D eigenvalue weighted by molar-refractivity contribution is 0.112. The third-order valence-electron chi connectivity index (χ3n) is 4.21. The summed E-state index contributed by atoms with van der Waals surface area (Å²) in [6.07, 6.45) is 2.59. The van der Waals surface area contributed by atoms with E-state index in [0.717, 1.165) is 41.7 Å². The van der Waals surface area contributed by atoms with Gasteiger partial charge in [-0.2, -0.15) is 0 Å². The first-order chi connectivity index (χ1) is 12.5. The zero-order valence-corrected chi connectivity index (χ0v) is 15.5. The van der Waals surface area contributed by atoms with Gasteiger partial charge in [-0.25, -0.2) is 9.97 Å². The Balaban J connectivity index is 2.01. The normalized spacial score (nSPS) is 11.1. The molecule has 3 rings (SSSR count). The summed E-state index contributed by atoms with van der Waals surface area (Å²) in [4.78, 5) is 26.1. The van der Waals surface area contributed by atoms with Gasteiger partial charge in [0, 0.05) is 35.8 Å². The van der Waals surface area contributed by atoms with Gasteiger partial charge in [-0.05, 0) is 39.2 Å². The summed E-state index contributed by atoms with van der Waals surface area (Å²) in [5.41, 5.74) is 2.94. The van der Waals surface area contributed by atoms with Crippen LogP contribution in [0, 0.1) is 6.92 Å². The Bertz CT molecular complexity index is 933. The first kappa shape index (κ1) is 17.9. The zero-order valence-electron chi connectivity index (χ0n) is 15.5. The molecule has 0 aliphatic heterocycles. The van der Waals surface area contributed by atoms with Crippen LogP contribution in [-0.4, -0.2) is 60.4 Å². The number of hydrogen-bond acceptors (Lipinski definition) is 6. The molecule has 7 nitrogen and oxygen atoms in total. The number of aldehydes is 1. The van der Waals surface area contributed by atoms with Crippen LogP contribution in [0.1, 0.15) is 15.9 Å². The number of nitrogens with one attached hydrogen (secondary N) is 2. The van der Waals surface area contributed by atoms with Crippen molar-refractivity contribution in [3.05, 3.63) is 35.5 Å². The molecule has 0 atom stereocenters. The fourth-order valence-corrected chi connectivity index (χ4v) is 2.76. The summed E-state index contributed by atoms with van der Waals surface area (Å²) in [5.74, 6) is 1.95. The molecule has 2 aromatic heterocycles. The number of rotatable bonds is 7. The van der Waals surface area contributed by atoms with Gasteiger partial charge >= 0.3 is 0 Å². The predicted octanol–water partition coefficient (Wildman–Crippen LogP) is 2.73. The van der Waals surface area contributed by atoms with Gasteiger partial charge < -0.3 is 19.9 Å². The Morgan fingerprint density at radius 3 is 2.85 bits per heavy atom. The topological polar surface area (TPSA) is 83.1 Å². The minimum Gasteiger partial charge on any atom is -0.497 e. The average molecular weight is 353 g/mol. The Morgan fingerprint density at radius 2 is 2.15 bits per heavy atom. The lowest BCUT2D eigenvalue weighted by atomic mass is 10.1. The fraction of sp³-hybridized carbons (Fsp3) is 0.316. The fourth-order valence-electron chi connectivity index (χ4n) is 2.76. The lowest BCUT2D eigenvalue weighted by Gasteiger charge is -2.12. The number of aryl methyl sites for hydroxylation is 1. The van der Waals surface area contributed by atoms with Gasteiger partial charge in [0.25, 0.3) is 0 Å². The zero-order chi connectivity index (χ0) is 18.7. The van der Waals surface area contributed by atoms with E-state index in [4.69, 9.17) is 4.74 Å². The number of carbonyl (C=O) groups excluding carboxylic acids is 1. The van der Waals surface area contributed by atoms with Crippen molar-refractivity contribution >= 4 is 23.0 Å². The van der Waals surface area contributed by atoms with Crippen molar-refractivity contribution in [3.63, 3.8) is 0 Å². The molecule has 0 amide bonds. The van der Waals surface area contributed by atoms with E-state index in [9.17, 15) is 4.79 Å². The number of aromatic nitrogens is 3. The molecule has 0 spiro atoms. The SMILES string of the molecule is COc1ccc2[nH]c(-c3ncc(C)c(NCCN(C)C)n3)c(C=O)c2c1. The van der Waals surface area contributed by atoms with E-state index in [1.165, 1.54) is 0 Å². The second-order valence-corrected chi connectivity index (χ2v) is 6.40. The van der Waals surface area contributed by atoms with E-state index in [2.05, 4.69) is 25.2 Å². The quantitative estimate of drug-likeness (QED) is 0.636. The maximum Gasteiger partial charge on any atom is 0.178 e. The van der Waals surface area contributed by atoms with Gasteiger partial charge in [-0.3, -0.25) is 4.79 Å². The monoisotopic (exact) mass is 353 g/mol. The van der Waals surface area contributed by atoms with Gasteiger partial charge in [-0.15, -0.1) is 0 Å². The van der Waals surface area contributed by atoms with Gasteiger partial charge in [0.2, 0.25) is 0 Å². The molecule has 0 saturated carbocycles. The van der Waals surface area contributed by atoms with Crippen molar-refractivity contribution in [1.82, 2.24) is 19.9 Å². The van der Waals surface area contributed by atoms with Crippen LogP contribution in [0.15, 0.2) is 24.4 Å². The first-order valence-corrected chi connectivity index (χ1v) is 8.41. The summed E-state index contributed by atoms with van der Waals surface area (Å²) < 4.78 is 5.26. The summed E-state index contributed by atoms with van der Waals surface area (Å²) in [5, 5.41) is 4.12. The van der Waals surface area contributed by atoms with Gasteiger partial charge in [-0.1, -0.05) is 0 Å². The summed E-state index contributed by atoms with van der Waals surface area (Å²) >= 11 is 0. The molecule has 0 fully saturated rings. The smallest absolute Gasteiger partial charge is 0.178 e. The van der Waals surface area contributed by atoms with E-state index < -0.39 is 0 Å². The highest BCUT2D eigenvalue weighted by Crippen LogP contribution is 2.30. The number of likely N-dealkylation sites (N-methyl/N-ethyl adjacent to an activating group) is 1. The second kappa shape index (κ2) is 7.53. The van der Waals surface area contributed by atoms with Crippen LogP contribution in [0.5, 0.6) is 5.75 Å². The first-order valence-electron chi connectivity index (χ1n) is 8.41. The minimum absolute atomic E-state index is 0.486. The summed E-state index contributed by atoms with van der Waals surface area (Å²) in [6.45, 7) is 3.62. The third kappa shape index (κ3) is 3.52. The molecule has 0 aliphatic rings. The molecule has 136 valence electrons. The third-order valence-corrected chi connectivity index (χ3v) is 4.21. The van der Waals surface area contributed by atoms with Crippen LogP contribution in [0.25, 0.3) is 22.4 Å². The number of methoxy groups -OCH3 is 1. The molecule has 0 radical (unpaired) electrons. The minimum atomic E-state index is 0.486. The van der Waals surface area contributed by atoms with Crippen LogP contribution in [0.3, 0.4) is 0 Å². The molecule has 7 heteroatoms. The number of fused-ring (bicyclic) bond motifs is 1. The molecular weight excluding hydrogens is 330 g/mol. The number of ether oxygens (including phenoxy) is 1. The van der Waals surface area contributed by atoms with Crippen molar-refractivity contribution in [2.24, 2.45) is 0 Å². The highest BCUT2D eigenvalue weighted by Gasteiger charge is 2.16. The van der Waals surface area contributed by atoms with Gasteiger partial charge in [0.1, 0.15) is 11.6 Å². The molecule has 0 saturated heterocycles. The van der Waals surface area contributed by atoms with Crippen LogP contribution < -0.4 is 10.1 Å². The number of aromatic amines is 1. The molecule has 0 bridgehead atoms. The van der Waals surface area contributed by atoms with Gasteiger partial charge in [0.05, 0.1) is 18.4 Å². The lowest BCUT2D eigenvalue weighted by Crippen LogP contribution is -2.21. The summed E-state index contributed by atoms with van der Waals surface area (Å²) in [7, 11) is 5.65. The van der Waals surface area contributed by atoms with Crippen LogP contribution in [0.2, 0.25) is 0 Å².